The lowest BCUT2D eigenvalue weighted by Gasteiger charge is -2.29. The highest BCUT2D eigenvalue weighted by molar-refractivity contribution is 5.96. The Bertz CT molecular complexity index is 1170. The number of ether oxygens (including phenoxy) is 2. The van der Waals surface area contributed by atoms with E-state index in [9.17, 15) is 0 Å². The fourth-order valence-corrected chi connectivity index (χ4v) is 4.31. The third-order valence-corrected chi connectivity index (χ3v) is 5.99. The first-order chi connectivity index (χ1) is 15.3. The number of hydrogen-bond donors (Lipinski definition) is 2. The van der Waals surface area contributed by atoms with Crippen LogP contribution < -0.4 is 5.32 Å². The monoisotopic (exact) mass is 417 g/mol. The molecule has 1 saturated carbocycles. The molecule has 0 unspecified atom stereocenters. The van der Waals surface area contributed by atoms with Crippen molar-refractivity contribution in [3.63, 3.8) is 0 Å². The second kappa shape index (κ2) is 8.99. The summed E-state index contributed by atoms with van der Waals surface area (Å²) in [6.45, 7) is 1.32. The zero-order valence-electron chi connectivity index (χ0n) is 17.7. The highest BCUT2D eigenvalue weighted by atomic mass is 16.5. The van der Waals surface area contributed by atoms with Crippen molar-refractivity contribution < 1.29 is 9.47 Å². The van der Waals surface area contributed by atoms with E-state index in [2.05, 4.69) is 44.5 Å². The zero-order chi connectivity index (χ0) is 21.0. The minimum atomic E-state index is 0.333. The summed E-state index contributed by atoms with van der Waals surface area (Å²) in [6.07, 6.45) is 10.3. The van der Waals surface area contributed by atoms with Gasteiger partial charge in [0.2, 0.25) is 5.95 Å². The number of pyridine rings is 1. The summed E-state index contributed by atoms with van der Waals surface area (Å²) < 4.78 is 10.9. The molecule has 0 bridgehead atoms. The molecule has 7 heteroatoms. The minimum absolute atomic E-state index is 0.333. The fourth-order valence-electron chi connectivity index (χ4n) is 4.31. The van der Waals surface area contributed by atoms with E-state index in [0.717, 1.165) is 58.7 Å². The van der Waals surface area contributed by atoms with Gasteiger partial charge in [-0.1, -0.05) is 12.1 Å². The number of rotatable bonds is 7. The van der Waals surface area contributed by atoms with Gasteiger partial charge in [0.1, 0.15) is 5.65 Å². The van der Waals surface area contributed by atoms with E-state index in [1.165, 1.54) is 0 Å². The van der Waals surface area contributed by atoms with E-state index in [4.69, 9.17) is 14.5 Å². The maximum absolute atomic E-state index is 5.86. The zero-order valence-corrected chi connectivity index (χ0v) is 17.7. The van der Waals surface area contributed by atoms with Crippen LogP contribution in [0, 0.1) is 0 Å². The van der Waals surface area contributed by atoms with Crippen molar-refractivity contribution in [1.29, 1.82) is 0 Å². The van der Waals surface area contributed by atoms with Crippen LogP contribution in [-0.4, -0.2) is 52.4 Å². The number of nitrogens with one attached hydrogen (secondary N) is 2. The first kappa shape index (κ1) is 19.9. The van der Waals surface area contributed by atoms with Gasteiger partial charge in [0.25, 0.3) is 0 Å². The number of aromatic amines is 1. The van der Waals surface area contributed by atoms with E-state index in [1.807, 2.05) is 24.7 Å². The molecule has 1 aliphatic rings. The predicted molar refractivity (Wildman–Crippen MR) is 122 cm³/mol. The number of aromatic nitrogens is 4. The molecule has 2 N–H and O–H groups in total. The molecule has 3 aromatic heterocycles. The van der Waals surface area contributed by atoms with Gasteiger partial charge in [-0.2, -0.15) is 4.98 Å². The van der Waals surface area contributed by atoms with E-state index >= 15 is 0 Å². The van der Waals surface area contributed by atoms with Gasteiger partial charge in [0.15, 0.2) is 0 Å². The number of anilines is 1. The van der Waals surface area contributed by atoms with Crippen LogP contribution in [-0.2, 0) is 9.47 Å². The summed E-state index contributed by atoms with van der Waals surface area (Å²) in [5.41, 5.74) is 4.06. The maximum Gasteiger partial charge on any atom is 0.224 e. The van der Waals surface area contributed by atoms with Crippen molar-refractivity contribution >= 4 is 27.9 Å². The summed E-state index contributed by atoms with van der Waals surface area (Å²) in [6, 6.07) is 10.7. The normalized spacial score (nSPS) is 19.1. The molecule has 7 nitrogen and oxygen atoms in total. The lowest BCUT2D eigenvalue weighted by molar-refractivity contribution is -0.00157. The molecule has 0 spiro atoms. The summed E-state index contributed by atoms with van der Waals surface area (Å²) >= 11 is 0. The van der Waals surface area contributed by atoms with Crippen molar-refractivity contribution in [2.45, 2.75) is 37.8 Å². The Morgan fingerprint density at radius 2 is 2.00 bits per heavy atom. The van der Waals surface area contributed by atoms with Crippen LogP contribution >= 0.6 is 0 Å². The standard InChI is InChI=1S/C24H27N5O2/c1-30-11-12-31-19-7-5-18(6-8-19)28-24-27-15-21-20(14-26-23(21)29-24)16-4-9-22-17(13-16)3-2-10-25-22/h2-4,9-10,13-15,18-19H,5-8,11-12H2,1H3,(H2,26,27,28,29). The maximum atomic E-state index is 5.86. The predicted octanol–water partition coefficient (Wildman–Crippen LogP) is 4.56. The fraction of sp³-hybridized carbons (Fsp3) is 0.375. The topological polar surface area (TPSA) is 85.0 Å². The summed E-state index contributed by atoms with van der Waals surface area (Å²) in [5.74, 6) is 0.673. The number of hydrogen-bond acceptors (Lipinski definition) is 6. The molecule has 1 fully saturated rings. The van der Waals surface area contributed by atoms with E-state index < -0.39 is 0 Å². The molecule has 0 radical (unpaired) electrons. The second-order valence-electron chi connectivity index (χ2n) is 8.05. The Balaban J connectivity index is 1.27. The molecule has 1 aromatic carbocycles. The van der Waals surface area contributed by atoms with Gasteiger partial charge in [-0.25, -0.2) is 4.98 Å². The van der Waals surface area contributed by atoms with E-state index in [-0.39, 0.29) is 0 Å². The number of benzene rings is 1. The van der Waals surface area contributed by atoms with Crippen molar-refractivity contribution in [3.05, 3.63) is 48.9 Å². The molecule has 0 saturated heterocycles. The van der Waals surface area contributed by atoms with Gasteiger partial charge in [-0.05, 0) is 49.4 Å². The van der Waals surface area contributed by atoms with Gasteiger partial charge in [-0.3, -0.25) is 4.98 Å². The SMILES string of the molecule is COCCOC1CCC(Nc2ncc3c(-c4ccc5ncccc5c4)c[nH]c3n2)CC1. The van der Waals surface area contributed by atoms with Gasteiger partial charge in [0, 0.05) is 48.1 Å². The molecule has 1 aliphatic carbocycles. The molecular formula is C24H27N5O2. The lowest BCUT2D eigenvalue weighted by atomic mass is 9.93. The van der Waals surface area contributed by atoms with Crippen LogP contribution in [0.25, 0.3) is 33.1 Å². The third-order valence-electron chi connectivity index (χ3n) is 5.99. The average Bonchev–Trinajstić information content (AvgIpc) is 3.23. The Kier molecular flexibility index (Phi) is 5.78. The van der Waals surface area contributed by atoms with Crippen LogP contribution in [0.3, 0.4) is 0 Å². The Hall–Kier alpha value is -3.03. The van der Waals surface area contributed by atoms with Crippen molar-refractivity contribution in [1.82, 2.24) is 19.9 Å². The van der Waals surface area contributed by atoms with Gasteiger partial charge < -0.3 is 19.8 Å². The van der Waals surface area contributed by atoms with Gasteiger partial charge in [0.05, 0.1) is 24.8 Å². The largest absolute Gasteiger partial charge is 0.382 e. The third kappa shape index (κ3) is 4.38. The highest BCUT2D eigenvalue weighted by Crippen LogP contribution is 2.30. The molecule has 160 valence electrons. The summed E-state index contributed by atoms with van der Waals surface area (Å²) in [4.78, 5) is 17.0. The summed E-state index contributed by atoms with van der Waals surface area (Å²) in [7, 11) is 1.70. The van der Waals surface area contributed by atoms with Crippen molar-refractivity contribution in [2.75, 3.05) is 25.6 Å². The molecule has 0 atom stereocenters. The number of fused-ring (bicyclic) bond motifs is 2. The van der Waals surface area contributed by atoms with E-state index in [0.29, 0.717) is 31.3 Å². The molecular weight excluding hydrogens is 390 g/mol. The minimum Gasteiger partial charge on any atom is -0.382 e. The first-order valence-corrected chi connectivity index (χ1v) is 10.9. The highest BCUT2D eigenvalue weighted by Gasteiger charge is 2.22. The lowest BCUT2D eigenvalue weighted by Crippen LogP contribution is -2.31. The number of nitrogens with zero attached hydrogens (tertiary/aromatic N) is 3. The van der Waals surface area contributed by atoms with Crippen LogP contribution in [0.1, 0.15) is 25.7 Å². The van der Waals surface area contributed by atoms with Gasteiger partial charge in [-0.15, -0.1) is 0 Å². The molecule has 0 amide bonds. The van der Waals surface area contributed by atoms with Gasteiger partial charge >= 0.3 is 0 Å². The average molecular weight is 418 g/mol. The quantitative estimate of drug-likeness (QED) is 0.429. The molecule has 31 heavy (non-hydrogen) atoms. The van der Waals surface area contributed by atoms with Crippen LogP contribution in [0.5, 0.6) is 0 Å². The number of methoxy groups -OCH3 is 1. The molecule has 5 rings (SSSR count). The number of H-pyrrole nitrogens is 1. The van der Waals surface area contributed by atoms with Crippen LogP contribution in [0.4, 0.5) is 5.95 Å². The second-order valence-corrected chi connectivity index (χ2v) is 8.05. The first-order valence-electron chi connectivity index (χ1n) is 10.9. The Morgan fingerprint density at radius 1 is 1.10 bits per heavy atom. The van der Waals surface area contributed by atoms with Crippen molar-refractivity contribution in [3.8, 4) is 11.1 Å². The smallest absolute Gasteiger partial charge is 0.224 e. The summed E-state index contributed by atoms with van der Waals surface area (Å²) in [5, 5.41) is 5.64. The van der Waals surface area contributed by atoms with E-state index in [1.54, 1.807) is 7.11 Å². The molecule has 4 aromatic rings. The van der Waals surface area contributed by atoms with Crippen LogP contribution in [0.2, 0.25) is 0 Å². The molecule has 3 heterocycles. The Labute approximate surface area is 181 Å². The molecule has 0 aliphatic heterocycles. The van der Waals surface area contributed by atoms with Crippen molar-refractivity contribution in [2.24, 2.45) is 0 Å². The van der Waals surface area contributed by atoms with Crippen LogP contribution in [0.15, 0.2) is 48.9 Å². The Morgan fingerprint density at radius 3 is 2.87 bits per heavy atom.